The second-order valence-electron chi connectivity index (χ2n) is 5.41. The molecule has 0 spiro atoms. The molecular weight excluding hydrogens is 249 g/mol. The minimum atomic E-state index is -0.398. The van der Waals surface area contributed by atoms with E-state index >= 15 is 0 Å². The van der Waals surface area contributed by atoms with Crippen LogP contribution in [0.5, 0.6) is 0 Å². The molecule has 1 fully saturated rings. The fourth-order valence-electron chi connectivity index (χ4n) is 1.70. The van der Waals surface area contributed by atoms with Gasteiger partial charge in [0.05, 0.1) is 16.1 Å². The van der Waals surface area contributed by atoms with Crippen LogP contribution in [0.1, 0.15) is 37.4 Å². The molecule has 0 bridgehead atoms. The Morgan fingerprint density at radius 2 is 1.83 bits per heavy atom. The zero-order valence-corrected chi connectivity index (χ0v) is 12.2. The van der Waals surface area contributed by atoms with E-state index in [1.165, 1.54) is 11.3 Å². The van der Waals surface area contributed by atoms with Crippen LogP contribution in [-0.4, -0.2) is 31.3 Å². The average molecular weight is 267 g/mol. The van der Waals surface area contributed by atoms with Gasteiger partial charge in [0, 0.05) is 7.05 Å². The van der Waals surface area contributed by atoms with Crippen LogP contribution < -0.4 is 10.8 Å². The topological polar surface area (TPSA) is 47.6 Å². The summed E-state index contributed by atoms with van der Waals surface area (Å²) in [6.45, 7) is 8.05. The van der Waals surface area contributed by atoms with E-state index in [1.54, 1.807) is 7.05 Å². The van der Waals surface area contributed by atoms with Gasteiger partial charge in [-0.15, -0.1) is 11.3 Å². The molecule has 0 atom stereocenters. The third-order valence-electron chi connectivity index (χ3n) is 3.60. The first-order chi connectivity index (χ1) is 8.27. The summed E-state index contributed by atoms with van der Waals surface area (Å²) in [5.41, 5.74) is 0.191. The Hall–Kier alpha value is -0.845. The highest BCUT2D eigenvalue weighted by Crippen LogP contribution is 2.36. The molecule has 1 aromatic heterocycles. The number of thiophene rings is 1. The van der Waals surface area contributed by atoms with E-state index in [1.807, 2.05) is 39.1 Å². The molecular formula is C12H18BNO3S. The van der Waals surface area contributed by atoms with Crippen LogP contribution in [0.2, 0.25) is 0 Å². The van der Waals surface area contributed by atoms with Gasteiger partial charge in [0.1, 0.15) is 0 Å². The second kappa shape index (κ2) is 4.37. The molecule has 2 rings (SSSR count). The third-order valence-corrected chi connectivity index (χ3v) is 4.54. The van der Waals surface area contributed by atoms with Gasteiger partial charge in [-0.2, -0.15) is 0 Å². The normalized spacial score (nSPS) is 21.1. The predicted octanol–water partition coefficient (Wildman–Crippen LogP) is 1.41. The highest BCUT2D eigenvalue weighted by Gasteiger charge is 2.51. The summed E-state index contributed by atoms with van der Waals surface area (Å²) in [5, 5.41) is 4.52. The van der Waals surface area contributed by atoms with E-state index < -0.39 is 7.12 Å². The van der Waals surface area contributed by atoms with Crippen LogP contribution >= 0.6 is 11.3 Å². The molecule has 1 saturated heterocycles. The van der Waals surface area contributed by atoms with Crippen molar-refractivity contribution in [1.82, 2.24) is 5.32 Å². The van der Waals surface area contributed by atoms with Gasteiger partial charge in [0.15, 0.2) is 0 Å². The fourth-order valence-corrected chi connectivity index (χ4v) is 2.55. The molecule has 1 amide bonds. The molecule has 1 aromatic rings. The summed E-state index contributed by atoms with van der Waals surface area (Å²) in [5.74, 6) is -0.0808. The molecule has 1 N–H and O–H groups in total. The van der Waals surface area contributed by atoms with Gasteiger partial charge in [-0.25, -0.2) is 0 Å². The van der Waals surface area contributed by atoms with Crippen molar-refractivity contribution in [2.45, 2.75) is 38.9 Å². The van der Waals surface area contributed by atoms with Crippen molar-refractivity contribution in [3.05, 3.63) is 16.3 Å². The van der Waals surface area contributed by atoms with Gasteiger partial charge < -0.3 is 14.6 Å². The maximum Gasteiger partial charge on any atom is 0.495 e. The van der Waals surface area contributed by atoms with Gasteiger partial charge in [-0.1, -0.05) is 0 Å². The van der Waals surface area contributed by atoms with Gasteiger partial charge in [-0.3, -0.25) is 4.79 Å². The summed E-state index contributed by atoms with van der Waals surface area (Å²) in [7, 11) is 1.22. The number of nitrogens with one attached hydrogen (secondary N) is 1. The lowest BCUT2D eigenvalue weighted by Gasteiger charge is -2.32. The summed E-state index contributed by atoms with van der Waals surface area (Å²) in [6.07, 6.45) is 0. The molecule has 0 radical (unpaired) electrons. The van der Waals surface area contributed by atoms with E-state index in [0.29, 0.717) is 4.88 Å². The Balaban J connectivity index is 2.20. The van der Waals surface area contributed by atoms with Crippen LogP contribution in [0.25, 0.3) is 0 Å². The monoisotopic (exact) mass is 267 g/mol. The lowest BCUT2D eigenvalue weighted by atomic mass is 9.81. The van der Waals surface area contributed by atoms with Gasteiger partial charge >= 0.3 is 7.12 Å². The Bertz CT molecular complexity index is 454. The van der Waals surface area contributed by atoms with Crippen molar-refractivity contribution in [1.29, 1.82) is 0 Å². The van der Waals surface area contributed by atoms with Crippen LogP contribution in [0.3, 0.4) is 0 Å². The number of amides is 1. The smallest absolute Gasteiger partial charge is 0.399 e. The molecule has 0 aromatic carbocycles. The lowest BCUT2D eigenvalue weighted by Crippen LogP contribution is -2.41. The van der Waals surface area contributed by atoms with E-state index in [4.69, 9.17) is 9.31 Å². The number of hydrogen-bond donors (Lipinski definition) is 1. The quantitative estimate of drug-likeness (QED) is 0.824. The summed E-state index contributed by atoms with van der Waals surface area (Å²) >= 11 is 1.40. The fraction of sp³-hybridized carbons (Fsp3) is 0.583. The Morgan fingerprint density at radius 1 is 1.28 bits per heavy atom. The molecule has 6 heteroatoms. The minimum Gasteiger partial charge on any atom is -0.399 e. The lowest BCUT2D eigenvalue weighted by molar-refractivity contribution is 0.00578. The van der Waals surface area contributed by atoms with E-state index in [-0.39, 0.29) is 17.1 Å². The minimum absolute atomic E-state index is 0.0808. The SMILES string of the molecule is CNC(=O)c1cc(B2OC(C)(C)C(C)(C)O2)cs1. The number of rotatable bonds is 2. The maximum atomic E-state index is 11.5. The largest absolute Gasteiger partial charge is 0.495 e. The van der Waals surface area contributed by atoms with Crippen molar-refractivity contribution in [2.24, 2.45) is 0 Å². The zero-order chi connectivity index (χ0) is 13.6. The van der Waals surface area contributed by atoms with Crippen molar-refractivity contribution in [3.63, 3.8) is 0 Å². The van der Waals surface area contributed by atoms with Gasteiger partial charge in [0.25, 0.3) is 5.91 Å². The molecule has 4 nitrogen and oxygen atoms in total. The Kier molecular flexibility index (Phi) is 3.29. The first kappa shape index (κ1) is 13.6. The summed E-state index contributed by atoms with van der Waals surface area (Å²) < 4.78 is 11.9. The second-order valence-corrected chi connectivity index (χ2v) is 6.32. The number of hydrogen-bond acceptors (Lipinski definition) is 4. The van der Waals surface area contributed by atoms with E-state index in [9.17, 15) is 4.79 Å². The Labute approximate surface area is 112 Å². The van der Waals surface area contributed by atoms with E-state index in [0.717, 1.165) is 5.46 Å². The van der Waals surface area contributed by atoms with Crippen LogP contribution in [0.15, 0.2) is 11.4 Å². The molecule has 2 heterocycles. The van der Waals surface area contributed by atoms with Crippen molar-refractivity contribution in [2.75, 3.05) is 7.05 Å². The highest BCUT2D eigenvalue weighted by molar-refractivity contribution is 7.13. The van der Waals surface area contributed by atoms with E-state index in [2.05, 4.69) is 5.32 Å². The van der Waals surface area contributed by atoms with Gasteiger partial charge in [-0.05, 0) is 44.6 Å². The molecule has 0 saturated carbocycles. The average Bonchev–Trinajstić information content (AvgIpc) is 2.82. The molecule has 0 unspecified atom stereocenters. The highest BCUT2D eigenvalue weighted by atomic mass is 32.1. The third kappa shape index (κ3) is 2.20. The summed E-state index contributed by atoms with van der Waals surface area (Å²) in [4.78, 5) is 12.2. The number of carbonyl (C=O) groups is 1. The van der Waals surface area contributed by atoms with Crippen LogP contribution in [0.4, 0.5) is 0 Å². The van der Waals surface area contributed by atoms with Crippen LogP contribution in [-0.2, 0) is 9.31 Å². The molecule has 18 heavy (non-hydrogen) atoms. The maximum absolute atomic E-state index is 11.5. The molecule has 0 aliphatic carbocycles. The van der Waals surface area contributed by atoms with Crippen molar-refractivity contribution >= 4 is 29.8 Å². The summed E-state index contributed by atoms with van der Waals surface area (Å²) in [6, 6.07) is 1.83. The molecule has 1 aliphatic heterocycles. The first-order valence-electron chi connectivity index (χ1n) is 5.93. The Morgan fingerprint density at radius 3 is 2.33 bits per heavy atom. The van der Waals surface area contributed by atoms with Crippen molar-refractivity contribution < 1.29 is 14.1 Å². The molecule has 98 valence electrons. The predicted molar refractivity (Wildman–Crippen MR) is 73.4 cm³/mol. The molecule has 1 aliphatic rings. The van der Waals surface area contributed by atoms with Crippen molar-refractivity contribution in [3.8, 4) is 0 Å². The number of carbonyl (C=O) groups excluding carboxylic acids is 1. The van der Waals surface area contributed by atoms with Crippen LogP contribution in [0, 0.1) is 0 Å². The zero-order valence-electron chi connectivity index (χ0n) is 11.4. The standard InChI is InChI=1S/C12H18BNO3S/c1-11(2)12(3,4)17-13(16-11)8-6-9(18-7-8)10(15)14-5/h6-7H,1-5H3,(H,14,15). The first-order valence-corrected chi connectivity index (χ1v) is 6.81. The van der Waals surface area contributed by atoms with Gasteiger partial charge in [0.2, 0.25) is 0 Å².